The number of hydrogen-bond acceptors (Lipinski definition) is 3. The van der Waals surface area contributed by atoms with Gasteiger partial charge in [0.15, 0.2) is 0 Å². The number of halogens is 1. The van der Waals surface area contributed by atoms with Crippen LogP contribution in [0.3, 0.4) is 0 Å². The highest BCUT2D eigenvalue weighted by atomic mass is 35.5. The molecule has 0 aliphatic carbocycles. The molecule has 1 aromatic heterocycles. The van der Waals surface area contributed by atoms with Gasteiger partial charge in [-0.25, -0.2) is 0 Å². The maximum atomic E-state index is 6.15. The topological polar surface area (TPSA) is 39.9 Å². The molecule has 0 aliphatic heterocycles. The molecule has 5 heteroatoms. The molecule has 108 valence electrons. The van der Waals surface area contributed by atoms with Crippen molar-refractivity contribution < 1.29 is 4.74 Å². The zero-order chi connectivity index (χ0) is 14.5. The molecule has 1 aromatic carbocycles. The van der Waals surface area contributed by atoms with Crippen LogP contribution in [0.1, 0.15) is 39.4 Å². The Morgan fingerprint density at radius 3 is 2.80 bits per heavy atom. The lowest BCUT2D eigenvalue weighted by Gasteiger charge is -2.14. The van der Waals surface area contributed by atoms with E-state index in [9.17, 15) is 0 Å². The van der Waals surface area contributed by atoms with Crippen LogP contribution < -0.4 is 4.74 Å². The average Bonchev–Trinajstić information content (AvgIpc) is 2.80. The summed E-state index contributed by atoms with van der Waals surface area (Å²) < 4.78 is 7.71. The third kappa shape index (κ3) is 3.31. The molecule has 0 bridgehead atoms. The van der Waals surface area contributed by atoms with Gasteiger partial charge >= 0.3 is 0 Å². The van der Waals surface area contributed by atoms with Crippen molar-refractivity contribution in [3.05, 3.63) is 35.4 Å². The van der Waals surface area contributed by atoms with Gasteiger partial charge in [-0.1, -0.05) is 19.9 Å². The molecule has 4 nitrogen and oxygen atoms in total. The van der Waals surface area contributed by atoms with Crippen LogP contribution in [0, 0.1) is 0 Å². The molecular weight excluding hydrogens is 274 g/mol. The van der Waals surface area contributed by atoms with E-state index >= 15 is 0 Å². The van der Waals surface area contributed by atoms with Crippen molar-refractivity contribution in [1.82, 2.24) is 14.8 Å². The summed E-state index contributed by atoms with van der Waals surface area (Å²) in [5.41, 5.74) is 0.934. The maximum absolute atomic E-state index is 6.15. The zero-order valence-corrected chi connectivity index (χ0v) is 12.9. The van der Waals surface area contributed by atoms with Crippen LogP contribution in [0.2, 0.25) is 5.28 Å². The molecule has 0 amide bonds. The second-order valence-electron chi connectivity index (χ2n) is 4.80. The largest absolute Gasteiger partial charge is 0.491 e. The number of benzene rings is 1. The van der Waals surface area contributed by atoms with E-state index in [4.69, 9.17) is 16.3 Å². The van der Waals surface area contributed by atoms with Gasteiger partial charge in [0.2, 0.25) is 5.28 Å². The second-order valence-corrected chi connectivity index (χ2v) is 5.14. The number of hydrogen-bond donors (Lipinski definition) is 0. The van der Waals surface area contributed by atoms with Crippen LogP contribution in [0.25, 0.3) is 5.69 Å². The summed E-state index contributed by atoms with van der Waals surface area (Å²) >= 11 is 6.15. The zero-order valence-electron chi connectivity index (χ0n) is 12.1. The predicted octanol–water partition coefficient (Wildman–Crippen LogP) is 4.05. The first-order valence-electron chi connectivity index (χ1n) is 7.02. The minimum Gasteiger partial charge on any atom is -0.491 e. The van der Waals surface area contributed by atoms with E-state index in [1.165, 1.54) is 0 Å². The van der Waals surface area contributed by atoms with Gasteiger partial charge in [0.25, 0.3) is 0 Å². The number of aromatic nitrogens is 3. The van der Waals surface area contributed by atoms with Crippen molar-refractivity contribution in [2.75, 3.05) is 0 Å². The summed E-state index contributed by atoms with van der Waals surface area (Å²) in [5, 5.41) is 8.47. The van der Waals surface area contributed by atoms with Gasteiger partial charge in [-0.3, -0.25) is 4.57 Å². The molecule has 0 fully saturated rings. The Morgan fingerprint density at radius 1 is 1.30 bits per heavy atom. The minimum absolute atomic E-state index is 0.191. The van der Waals surface area contributed by atoms with Gasteiger partial charge in [0.1, 0.15) is 11.6 Å². The fourth-order valence-electron chi connectivity index (χ4n) is 1.95. The molecule has 0 aliphatic rings. The SMILES string of the molecule is CCCc1nnc(Cl)n1-c1cccc(OC(C)CC)c1. The predicted molar refractivity (Wildman–Crippen MR) is 80.7 cm³/mol. The molecule has 2 aromatic rings. The monoisotopic (exact) mass is 293 g/mol. The lowest BCUT2D eigenvalue weighted by atomic mass is 10.2. The van der Waals surface area contributed by atoms with Crippen molar-refractivity contribution in [3.8, 4) is 11.4 Å². The number of aryl methyl sites for hydroxylation is 1. The average molecular weight is 294 g/mol. The van der Waals surface area contributed by atoms with Crippen LogP contribution in [-0.4, -0.2) is 20.9 Å². The summed E-state index contributed by atoms with van der Waals surface area (Å²) in [6.45, 7) is 6.26. The fourth-order valence-corrected chi connectivity index (χ4v) is 2.18. The van der Waals surface area contributed by atoms with E-state index in [2.05, 4.69) is 31.0 Å². The van der Waals surface area contributed by atoms with Gasteiger partial charge in [0, 0.05) is 12.5 Å². The van der Waals surface area contributed by atoms with E-state index in [0.717, 1.165) is 36.5 Å². The second kappa shape index (κ2) is 6.75. The van der Waals surface area contributed by atoms with Crippen LogP contribution in [-0.2, 0) is 6.42 Å². The first kappa shape index (κ1) is 14.9. The lowest BCUT2D eigenvalue weighted by molar-refractivity contribution is 0.217. The quantitative estimate of drug-likeness (QED) is 0.806. The van der Waals surface area contributed by atoms with Gasteiger partial charge in [0.05, 0.1) is 11.8 Å². The Hall–Kier alpha value is -1.55. The van der Waals surface area contributed by atoms with Crippen molar-refractivity contribution in [3.63, 3.8) is 0 Å². The molecule has 2 rings (SSSR count). The van der Waals surface area contributed by atoms with Gasteiger partial charge in [-0.2, -0.15) is 0 Å². The third-order valence-corrected chi connectivity index (χ3v) is 3.40. The standard InChI is InChI=1S/C15H20ClN3O/c1-4-7-14-17-18-15(16)19(14)12-8-6-9-13(10-12)20-11(3)5-2/h6,8-11H,4-5,7H2,1-3H3. The summed E-state index contributed by atoms with van der Waals surface area (Å²) in [4.78, 5) is 0. The molecule has 1 heterocycles. The van der Waals surface area contributed by atoms with Crippen LogP contribution >= 0.6 is 11.6 Å². The highest BCUT2D eigenvalue weighted by molar-refractivity contribution is 6.28. The number of rotatable bonds is 6. The summed E-state index contributed by atoms with van der Waals surface area (Å²) in [6, 6.07) is 7.87. The van der Waals surface area contributed by atoms with Crippen LogP contribution in [0.15, 0.2) is 24.3 Å². The molecular formula is C15H20ClN3O. The number of nitrogens with zero attached hydrogens (tertiary/aromatic N) is 3. The number of ether oxygens (including phenoxy) is 1. The Kier molecular flexibility index (Phi) is 5.01. The van der Waals surface area contributed by atoms with Crippen molar-refractivity contribution in [2.45, 2.75) is 46.1 Å². The summed E-state index contributed by atoms with van der Waals surface area (Å²) in [5.74, 6) is 1.71. The van der Waals surface area contributed by atoms with Crippen molar-refractivity contribution in [1.29, 1.82) is 0 Å². The fraction of sp³-hybridized carbons (Fsp3) is 0.467. The highest BCUT2D eigenvalue weighted by Crippen LogP contribution is 2.23. The van der Waals surface area contributed by atoms with Crippen molar-refractivity contribution in [2.24, 2.45) is 0 Å². The molecule has 0 saturated heterocycles. The van der Waals surface area contributed by atoms with E-state index in [1.807, 2.05) is 28.8 Å². The Bertz CT molecular complexity index is 568. The summed E-state index contributed by atoms with van der Waals surface area (Å²) in [7, 11) is 0. The molecule has 1 atom stereocenters. The first-order valence-corrected chi connectivity index (χ1v) is 7.40. The molecule has 0 radical (unpaired) electrons. The van der Waals surface area contributed by atoms with E-state index < -0.39 is 0 Å². The van der Waals surface area contributed by atoms with Crippen LogP contribution in [0.4, 0.5) is 0 Å². The third-order valence-electron chi connectivity index (χ3n) is 3.15. The molecule has 1 unspecified atom stereocenters. The smallest absolute Gasteiger partial charge is 0.229 e. The van der Waals surface area contributed by atoms with Crippen LogP contribution in [0.5, 0.6) is 5.75 Å². The maximum Gasteiger partial charge on any atom is 0.229 e. The highest BCUT2D eigenvalue weighted by Gasteiger charge is 2.12. The normalized spacial score (nSPS) is 12.4. The van der Waals surface area contributed by atoms with E-state index in [1.54, 1.807) is 0 Å². The molecule has 0 spiro atoms. The molecule has 0 N–H and O–H groups in total. The molecule has 20 heavy (non-hydrogen) atoms. The van der Waals surface area contributed by atoms with Gasteiger partial charge in [-0.05, 0) is 43.5 Å². The first-order chi connectivity index (χ1) is 9.65. The van der Waals surface area contributed by atoms with Crippen molar-refractivity contribution >= 4 is 11.6 Å². The Balaban J connectivity index is 2.33. The van der Waals surface area contributed by atoms with Gasteiger partial charge in [-0.15, -0.1) is 10.2 Å². The molecule has 0 saturated carbocycles. The van der Waals surface area contributed by atoms with Gasteiger partial charge < -0.3 is 4.74 Å². The summed E-state index contributed by atoms with van der Waals surface area (Å²) in [6.07, 6.45) is 3.00. The minimum atomic E-state index is 0.191. The Labute approximate surface area is 124 Å². The van der Waals surface area contributed by atoms with E-state index in [-0.39, 0.29) is 6.10 Å². The lowest BCUT2D eigenvalue weighted by Crippen LogP contribution is -2.10. The van der Waals surface area contributed by atoms with E-state index in [0.29, 0.717) is 5.28 Å². The Morgan fingerprint density at radius 2 is 2.10 bits per heavy atom.